The molecule has 2 heterocycles. The van der Waals surface area contributed by atoms with Gasteiger partial charge in [0.1, 0.15) is 11.6 Å². The summed E-state index contributed by atoms with van der Waals surface area (Å²) in [5.41, 5.74) is 3.33. The Hall–Kier alpha value is -2.82. The van der Waals surface area contributed by atoms with Crippen LogP contribution in [-0.4, -0.2) is 59.9 Å². The first-order valence-corrected chi connectivity index (χ1v) is 12.0. The molecule has 0 radical (unpaired) electrons. The van der Waals surface area contributed by atoms with Gasteiger partial charge in [0.05, 0.1) is 23.6 Å². The number of hydrogen-bond acceptors (Lipinski definition) is 6. The van der Waals surface area contributed by atoms with Gasteiger partial charge in [0, 0.05) is 20.2 Å². The summed E-state index contributed by atoms with van der Waals surface area (Å²) in [4.78, 5) is 12.9. The molecule has 1 aromatic heterocycles. The highest BCUT2D eigenvalue weighted by Crippen LogP contribution is 2.28. The van der Waals surface area contributed by atoms with Crippen LogP contribution in [0, 0.1) is 6.92 Å². The fraction of sp³-hybridized carbons (Fsp3) is 0.409. The number of carbonyl (C=O) groups excluding carboxylic acids is 1. The number of nitrogens with zero attached hydrogens (tertiary/aromatic N) is 4. The third-order valence-corrected chi connectivity index (χ3v) is 7.60. The number of nitrogens with one attached hydrogen (secondary N) is 1. The zero-order valence-electron chi connectivity index (χ0n) is 18.2. The van der Waals surface area contributed by atoms with Crippen LogP contribution in [0.15, 0.2) is 47.4 Å². The van der Waals surface area contributed by atoms with Gasteiger partial charge in [0.25, 0.3) is 0 Å². The van der Waals surface area contributed by atoms with Crippen molar-refractivity contribution in [2.75, 3.05) is 20.3 Å². The van der Waals surface area contributed by atoms with Crippen LogP contribution in [0.4, 0.5) is 0 Å². The summed E-state index contributed by atoms with van der Waals surface area (Å²) >= 11 is 0. The molecule has 4 rings (SSSR count). The number of hydrogen-bond donors (Lipinski definition) is 1. The first-order chi connectivity index (χ1) is 15.4. The van der Waals surface area contributed by atoms with E-state index in [0.717, 1.165) is 16.6 Å². The summed E-state index contributed by atoms with van der Waals surface area (Å²) in [7, 11) is -2.25. The highest BCUT2D eigenvalue weighted by Gasteiger charge is 2.39. The van der Waals surface area contributed by atoms with Gasteiger partial charge >= 0.3 is 0 Å². The number of aryl methyl sites for hydroxylation is 1. The molecular weight excluding hydrogens is 430 g/mol. The fourth-order valence-electron chi connectivity index (χ4n) is 3.89. The van der Waals surface area contributed by atoms with Crippen LogP contribution in [-0.2, 0) is 32.6 Å². The van der Waals surface area contributed by atoms with E-state index in [2.05, 4.69) is 15.6 Å². The average Bonchev–Trinajstić information content (AvgIpc) is 3.44. The van der Waals surface area contributed by atoms with Crippen molar-refractivity contribution >= 4 is 27.0 Å². The molecule has 1 aliphatic rings. The second-order valence-electron chi connectivity index (χ2n) is 7.93. The Bertz CT molecular complexity index is 1210. The molecule has 2 aromatic carbocycles. The van der Waals surface area contributed by atoms with E-state index in [1.165, 1.54) is 10.4 Å². The second kappa shape index (κ2) is 9.35. The molecule has 3 aromatic rings. The van der Waals surface area contributed by atoms with E-state index in [-0.39, 0.29) is 10.8 Å². The molecule has 0 saturated carbocycles. The van der Waals surface area contributed by atoms with Crippen LogP contribution >= 0.6 is 0 Å². The Labute approximate surface area is 187 Å². The lowest BCUT2D eigenvalue weighted by Gasteiger charge is -2.23. The summed E-state index contributed by atoms with van der Waals surface area (Å²) in [6.07, 6.45) is 1.13. The molecule has 170 valence electrons. The Morgan fingerprint density at radius 1 is 1.22 bits per heavy atom. The van der Waals surface area contributed by atoms with Crippen molar-refractivity contribution in [3.05, 3.63) is 53.6 Å². The number of sulfonamides is 1. The third kappa shape index (κ3) is 4.52. The summed E-state index contributed by atoms with van der Waals surface area (Å²) in [5, 5.41) is 11.0. The zero-order chi connectivity index (χ0) is 22.7. The topological polar surface area (TPSA) is 106 Å². The number of rotatable bonds is 8. The Kier molecular flexibility index (Phi) is 6.54. The predicted octanol–water partition coefficient (Wildman–Crippen LogP) is 1.86. The Morgan fingerprint density at radius 2 is 2.00 bits per heavy atom. The van der Waals surface area contributed by atoms with Gasteiger partial charge in [-0.2, -0.15) is 4.31 Å². The van der Waals surface area contributed by atoms with E-state index in [1.807, 2.05) is 31.2 Å². The van der Waals surface area contributed by atoms with E-state index < -0.39 is 16.1 Å². The first-order valence-electron chi connectivity index (χ1n) is 10.6. The number of ether oxygens (including phenoxy) is 1. The lowest BCUT2D eigenvalue weighted by atomic mass is 10.1. The highest BCUT2D eigenvalue weighted by atomic mass is 32.2. The number of amides is 1. The molecule has 0 bridgehead atoms. The van der Waals surface area contributed by atoms with Crippen molar-refractivity contribution in [2.24, 2.45) is 0 Å². The molecule has 1 aliphatic heterocycles. The van der Waals surface area contributed by atoms with E-state index in [4.69, 9.17) is 4.74 Å². The molecule has 0 unspecified atom stereocenters. The van der Waals surface area contributed by atoms with Crippen LogP contribution in [0.2, 0.25) is 0 Å². The van der Waals surface area contributed by atoms with Gasteiger partial charge < -0.3 is 10.1 Å². The minimum absolute atomic E-state index is 0.113. The summed E-state index contributed by atoms with van der Waals surface area (Å²) in [6.45, 7) is 3.67. The Morgan fingerprint density at radius 3 is 2.75 bits per heavy atom. The molecule has 1 N–H and O–H groups in total. The summed E-state index contributed by atoms with van der Waals surface area (Å²) in [5.74, 6) is -0.279. The monoisotopic (exact) mass is 457 g/mol. The lowest BCUT2D eigenvalue weighted by Crippen LogP contribution is -2.45. The number of benzene rings is 2. The number of fused-ring (bicyclic) bond motifs is 1. The van der Waals surface area contributed by atoms with Gasteiger partial charge in [-0.25, -0.2) is 13.1 Å². The van der Waals surface area contributed by atoms with Crippen molar-refractivity contribution in [3.8, 4) is 0 Å². The molecule has 32 heavy (non-hydrogen) atoms. The molecule has 1 saturated heterocycles. The van der Waals surface area contributed by atoms with Gasteiger partial charge in [-0.15, -0.1) is 5.10 Å². The number of methoxy groups -OCH3 is 1. The zero-order valence-corrected chi connectivity index (χ0v) is 19.0. The Balaban J connectivity index is 1.50. The predicted molar refractivity (Wildman–Crippen MR) is 119 cm³/mol. The van der Waals surface area contributed by atoms with E-state index in [0.29, 0.717) is 44.6 Å². The van der Waals surface area contributed by atoms with Crippen molar-refractivity contribution in [2.45, 2.75) is 43.8 Å². The molecule has 1 atom stereocenters. The molecular formula is C22H27N5O4S. The number of carbonyl (C=O) groups is 1. The second-order valence-corrected chi connectivity index (χ2v) is 9.82. The summed E-state index contributed by atoms with van der Waals surface area (Å²) in [6, 6.07) is 11.9. The van der Waals surface area contributed by atoms with Gasteiger partial charge in [-0.3, -0.25) is 4.79 Å². The van der Waals surface area contributed by atoms with E-state index in [1.54, 1.807) is 23.9 Å². The van der Waals surface area contributed by atoms with Crippen LogP contribution in [0.1, 0.15) is 24.0 Å². The fourth-order valence-corrected chi connectivity index (χ4v) is 5.57. The highest BCUT2D eigenvalue weighted by molar-refractivity contribution is 7.89. The van der Waals surface area contributed by atoms with Crippen molar-refractivity contribution < 1.29 is 17.9 Å². The van der Waals surface area contributed by atoms with Crippen LogP contribution in [0.5, 0.6) is 0 Å². The third-order valence-electron chi connectivity index (χ3n) is 5.69. The lowest BCUT2D eigenvalue weighted by molar-refractivity contribution is -0.124. The maximum atomic E-state index is 13.4. The minimum atomic E-state index is -3.85. The van der Waals surface area contributed by atoms with Gasteiger partial charge in [-0.1, -0.05) is 35.0 Å². The van der Waals surface area contributed by atoms with Crippen molar-refractivity contribution in [3.63, 3.8) is 0 Å². The van der Waals surface area contributed by atoms with Gasteiger partial charge in [-0.05, 0) is 43.5 Å². The maximum absolute atomic E-state index is 13.4. The van der Waals surface area contributed by atoms with Gasteiger partial charge in [0.15, 0.2) is 0 Å². The largest absolute Gasteiger partial charge is 0.383 e. The molecule has 1 fully saturated rings. The molecule has 0 aliphatic carbocycles. The first kappa shape index (κ1) is 22.4. The van der Waals surface area contributed by atoms with Crippen LogP contribution in [0.25, 0.3) is 11.0 Å². The van der Waals surface area contributed by atoms with E-state index in [9.17, 15) is 13.2 Å². The summed E-state index contributed by atoms with van der Waals surface area (Å²) < 4.78 is 34.7. The smallest absolute Gasteiger partial charge is 0.243 e. The average molecular weight is 458 g/mol. The standard InChI is InChI=1S/C22H27N5O4S/c1-16-5-7-17(8-6-16)15-23-22(28)21-4-3-11-27(21)32(29,30)18-9-10-20-19(14-18)24-25-26(20)12-13-31-2/h5-10,14,21H,3-4,11-13,15H2,1-2H3,(H,23,28)/t21-/m0/s1. The number of aromatic nitrogens is 3. The molecule has 10 heteroatoms. The SMILES string of the molecule is COCCn1nnc2cc(S(=O)(=O)N3CCC[C@H]3C(=O)NCc3ccc(C)cc3)ccc21. The van der Waals surface area contributed by atoms with Crippen LogP contribution in [0.3, 0.4) is 0 Å². The molecule has 1 amide bonds. The van der Waals surface area contributed by atoms with Crippen molar-refractivity contribution in [1.82, 2.24) is 24.6 Å². The van der Waals surface area contributed by atoms with E-state index >= 15 is 0 Å². The minimum Gasteiger partial charge on any atom is -0.383 e. The quantitative estimate of drug-likeness (QED) is 0.553. The normalized spacial score (nSPS) is 17.1. The molecule has 9 nitrogen and oxygen atoms in total. The van der Waals surface area contributed by atoms with Gasteiger partial charge in [0.2, 0.25) is 15.9 Å². The van der Waals surface area contributed by atoms with Crippen molar-refractivity contribution in [1.29, 1.82) is 0 Å². The maximum Gasteiger partial charge on any atom is 0.243 e. The van der Waals surface area contributed by atoms with Crippen LogP contribution < -0.4 is 5.32 Å². The molecule has 0 spiro atoms.